The van der Waals surface area contributed by atoms with Gasteiger partial charge < -0.3 is 15.2 Å². The van der Waals surface area contributed by atoms with Gasteiger partial charge in [0.05, 0.1) is 6.04 Å². The summed E-state index contributed by atoms with van der Waals surface area (Å²) in [6.45, 7) is 5.44. The maximum Gasteiger partial charge on any atom is 0.408 e. The molecule has 1 aliphatic rings. The lowest BCUT2D eigenvalue weighted by Gasteiger charge is -2.24. The summed E-state index contributed by atoms with van der Waals surface area (Å²) in [5, 5.41) is 13.0. The van der Waals surface area contributed by atoms with Crippen LogP contribution in [0.25, 0.3) is 0 Å². The third-order valence-corrected chi connectivity index (χ3v) is 3.69. The first-order chi connectivity index (χ1) is 9.31. The van der Waals surface area contributed by atoms with E-state index >= 15 is 0 Å². The average Bonchev–Trinajstić information content (AvgIpc) is 2.67. The number of alkyl carbamates (subject to hydrolysis) is 1. The molecule has 0 spiro atoms. The van der Waals surface area contributed by atoms with Gasteiger partial charge in [-0.15, -0.1) is 0 Å². The number of hydrogen-bond donors (Lipinski definition) is 2. The van der Waals surface area contributed by atoms with Crippen LogP contribution >= 0.6 is 11.6 Å². The van der Waals surface area contributed by atoms with Crippen molar-refractivity contribution < 1.29 is 14.6 Å². The van der Waals surface area contributed by atoms with Crippen LogP contribution in [0.5, 0.6) is 0 Å². The number of carbonyl (C=O) groups is 1. The molecule has 0 aromatic heterocycles. The second-order valence-corrected chi connectivity index (χ2v) is 6.49. The highest BCUT2D eigenvalue weighted by molar-refractivity contribution is 6.31. The number of aliphatic hydroxyl groups excluding tert-OH is 1. The number of carbonyl (C=O) groups excluding carboxylic acids is 1. The Kier molecular flexibility index (Phi) is 4.25. The van der Waals surface area contributed by atoms with Gasteiger partial charge in [-0.2, -0.15) is 0 Å². The Hall–Kier alpha value is -1.26. The Balaban J connectivity index is 2.19. The molecule has 1 aromatic rings. The fourth-order valence-corrected chi connectivity index (χ4v) is 2.78. The minimum absolute atomic E-state index is 0.00846. The Morgan fingerprint density at radius 2 is 2.20 bits per heavy atom. The van der Waals surface area contributed by atoms with Crippen molar-refractivity contribution in [3.05, 3.63) is 34.3 Å². The number of ether oxygens (including phenoxy) is 1. The number of fused-ring (bicyclic) bond motifs is 1. The van der Waals surface area contributed by atoms with Crippen molar-refractivity contribution >= 4 is 17.7 Å². The first kappa shape index (κ1) is 15.1. The standard InChI is InChI=1S/C15H20ClNO3/c1-15(2,3)20-14(19)17-13-9(8-18)7-11-10(13)5-4-6-12(11)16/h4-6,9,13,18H,7-8H2,1-3H3,(H,17,19)/t9-,13-/m1/s1. The van der Waals surface area contributed by atoms with Crippen LogP contribution in [-0.4, -0.2) is 23.4 Å². The van der Waals surface area contributed by atoms with Crippen LogP contribution in [0.15, 0.2) is 18.2 Å². The van der Waals surface area contributed by atoms with Gasteiger partial charge in [0, 0.05) is 17.5 Å². The summed E-state index contributed by atoms with van der Waals surface area (Å²) in [5.41, 5.74) is 1.41. The van der Waals surface area contributed by atoms with E-state index in [1.165, 1.54) is 0 Å². The topological polar surface area (TPSA) is 58.6 Å². The van der Waals surface area contributed by atoms with Crippen LogP contribution in [0.3, 0.4) is 0 Å². The van der Waals surface area contributed by atoms with E-state index in [0.29, 0.717) is 11.4 Å². The van der Waals surface area contributed by atoms with E-state index in [9.17, 15) is 9.90 Å². The second-order valence-electron chi connectivity index (χ2n) is 6.08. The fraction of sp³-hybridized carbons (Fsp3) is 0.533. The molecule has 2 N–H and O–H groups in total. The zero-order chi connectivity index (χ0) is 14.9. The molecule has 0 aliphatic heterocycles. The van der Waals surface area contributed by atoms with Crippen molar-refractivity contribution in [2.45, 2.75) is 38.8 Å². The maximum atomic E-state index is 11.9. The first-order valence-electron chi connectivity index (χ1n) is 6.69. The van der Waals surface area contributed by atoms with Crippen LogP contribution in [0.4, 0.5) is 4.79 Å². The highest BCUT2D eigenvalue weighted by Crippen LogP contribution is 2.39. The number of rotatable bonds is 2. The normalized spacial score (nSPS) is 21.4. The zero-order valence-electron chi connectivity index (χ0n) is 11.9. The molecule has 0 saturated carbocycles. The van der Waals surface area contributed by atoms with Crippen molar-refractivity contribution in [1.82, 2.24) is 5.32 Å². The van der Waals surface area contributed by atoms with Gasteiger partial charge in [-0.3, -0.25) is 0 Å². The van der Waals surface area contributed by atoms with Crippen LogP contribution in [-0.2, 0) is 11.2 Å². The molecule has 0 bridgehead atoms. The smallest absolute Gasteiger partial charge is 0.408 e. The first-order valence-corrected chi connectivity index (χ1v) is 7.07. The number of halogens is 1. The van der Waals surface area contributed by atoms with Crippen molar-refractivity contribution in [3.63, 3.8) is 0 Å². The molecule has 20 heavy (non-hydrogen) atoms. The van der Waals surface area contributed by atoms with E-state index in [4.69, 9.17) is 16.3 Å². The minimum Gasteiger partial charge on any atom is -0.444 e. The van der Waals surface area contributed by atoms with Crippen LogP contribution in [0.1, 0.15) is 37.9 Å². The number of hydrogen-bond acceptors (Lipinski definition) is 3. The molecule has 2 rings (SSSR count). The lowest BCUT2D eigenvalue weighted by molar-refractivity contribution is 0.0477. The Morgan fingerprint density at radius 3 is 2.80 bits per heavy atom. The number of nitrogens with one attached hydrogen (secondary N) is 1. The molecule has 4 nitrogen and oxygen atoms in total. The van der Waals surface area contributed by atoms with Crippen LogP contribution < -0.4 is 5.32 Å². The summed E-state index contributed by atoms with van der Waals surface area (Å²) < 4.78 is 5.27. The fourth-order valence-electron chi connectivity index (χ4n) is 2.52. The highest BCUT2D eigenvalue weighted by atomic mass is 35.5. The predicted molar refractivity (Wildman–Crippen MR) is 77.8 cm³/mol. The van der Waals surface area contributed by atoms with Crippen molar-refractivity contribution in [2.24, 2.45) is 5.92 Å². The molecule has 0 heterocycles. The van der Waals surface area contributed by atoms with Crippen LogP contribution in [0.2, 0.25) is 5.02 Å². The molecule has 110 valence electrons. The molecule has 0 radical (unpaired) electrons. The summed E-state index contributed by atoms with van der Waals surface area (Å²) in [6.07, 6.45) is 0.181. The lowest BCUT2D eigenvalue weighted by Crippen LogP contribution is -2.37. The third kappa shape index (κ3) is 3.25. The Labute approximate surface area is 124 Å². The number of benzene rings is 1. The molecule has 0 saturated heterocycles. The average molecular weight is 298 g/mol. The van der Waals surface area contributed by atoms with Gasteiger partial charge in [0.15, 0.2) is 0 Å². The predicted octanol–water partition coefficient (Wildman–Crippen LogP) is 3.07. The molecule has 1 aliphatic carbocycles. The second kappa shape index (κ2) is 5.62. The van der Waals surface area contributed by atoms with Gasteiger partial charge in [0.1, 0.15) is 5.60 Å². The van der Waals surface area contributed by atoms with E-state index in [1.54, 1.807) is 0 Å². The number of aliphatic hydroxyl groups is 1. The molecule has 0 fully saturated rings. The van der Waals surface area contributed by atoms with E-state index in [2.05, 4.69) is 5.32 Å². The summed E-state index contributed by atoms with van der Waals surface area (Å²) in [4.78, 5) is 11.9. The highest BCUT2D eigenvalue weighted by Gasteiger charge is 2.35. The summed E-state index contributed by atoms with van der Waals surface area (Å²) in [7, 11) is 0. The number of amides is 1. The summed E-state index contributed by atoms with van der Waals surface area (Å²) >= 11 is 6.17. The SMILES string of the molecule is CC(C)(C)OC(=O)N[C@H]1c2cccc(Cl)c2C[C@@H]1CO. The Bertz CT molecular complexity index is 510. The molecule has 5 heteroatoms. The van der Waals surface area contributed by atoms with Crippen molar-refractivity contribution in [3.8, 4) is 0 Å². The summed E-state index contributed by atoms with van der Waals surface area (Å²) in [5.74, 6) is -0.0718. The van der Waals surface area contributed by atoms with Gasteiger partial charge in [-0.05, 0) is 44.4 Å². The minimum atomic E-state index is -0.547. The van der Waals surface area contributed by atoms with Gasteiger partial charge in [-0.1, -0.05) is 23.7 Å². The van der Waals surface area contributed by atoms with Gasteiger partial charge in [0.25, 0.3) is 0 Å². The van der Waals surface area contributed by atoms with Gasteiger partial charge in [-0.25, -0.2) is 4.79 Å². The molecule has 1 amide bonds. The van der Waals surface area contributed by atoms with Gasteiger partial charge >= 0.3 is 6.09 Å². The van der Waals surface area contributed by atoms with Gasteiger partial charge in [0.2, 0.25) is 0 Å². The quantitative estimate of drug-likeness (QED) is 0.882. The monoisotopic (exact) mass is 297 g/mol. The maximum absolute atomic E-state index is 11.9. The molecule has 2 atom stereocenters. The molecular weight excluding hydrogens is 278 g/mol. The largest absolute Gasteiger partial charge is 0.444 e. The van der Waals surface area contributed by atoms with Crippen molar-refractivity contribution in [1.29, 1.82) is 0 Å². The third-order valence-electron chi connectivity index (χ3n) is 3.33. The summed E-state index contributed by atoms with van der Waals surface area (Å²) in [6, 6.07) is 5.34. The zero-order valence-corrected chi connectivity index (χ0v) is 12.7. The van der Waals surface area contributed by atoms with Crippen LogP contribution in [0, 0.1) is 5.92 Å². The van der Waals surface area contributed by atoms with E-state index in [0.717, 1.165) is 11.1 Å². The molecule has 1 aromatic carbocycles. The van der Waals surface area contributed by atoms with E-state index in [1.807, 2.05) is 39.0 Å². The van der Waals surface area contributed by atoms with E-state index in [-0.39, 0.29) is 18.6 Å². The lowest BCUT2D eigenvalue weighted by atomic mass is 10.0. The molecular formula is C15H20ClNO3. The Morgan fingerprint density at radius 1 is 1.50 bits per heavy atom. The van der Waals surface area contributed by atoms with Crippen molar-refractivity contribution in [2.75, 3.05) is 6.61 Å². The molecule has 0 unspecified atom stereocenters. The van der Waals surface area contributed by atoms with E-state index < -0.39 is 11.7 Å².